The van der Waals surface area contributed by atoms with Crippen molar-refractivity contribution in [2.24, 2.45) is 5.92 Å². The van der Waals surface area contributed by atoms with Crippen LogP contribution in [0, 0.1) is 5.92 Å². The lowest BCUT2D eigenvalue weighted by Gasteiger charge is -2.19. The molecule has 3 rings (SSSR count). The summed E-state index contributed by atoms with van der Waals surface area (Å²) in [5.74, 6) is 0.0890. The van der Waals surface area contributed by atoms with Crippen LogP contribution in [0.25, 0.3) is 0 Å². The van der Waals surface area contributed by atoms with Crippen molar-refractivity contribution in [1.82, 2.24) is 4.98 Å². The van der Waals surface area contributed by atoms with Gasteiger partial charge < -0.3 is 5.32 Å². The second kappa shape index (κ2) is 6.83. The Morgan fingerprint density at radius 2 is 2.00 bits per heavy atom. The number of pyridine rings is 1. The molecule has 0 saturated heterocycles. The first-order chi connectivity index (χ1) is 12.2. The fourth-order valence-electron chi connectivity index (χ4n) is 2.86. The van der Waals surface area contributed by atoms with Gasteiger partial charge in [0.2, 0.25) is 5.91 Å². The van der Waals surface area contributed by atoms with Crippen LogP contribution in [0.3, 0.4) is 0 Å². The van der Waals surface area contributed by atoms with Crippen molar-refractivity contribution in [1.29, 1.82) is 0 Å². The van der Waals surface area contributed by atoms with Gasteiger partial charge in [0.15, 0.2) is 9.84 Å². The molecule has 1 heterocycles. The highest BCUT2D eigenvalue weighted by molar-refractivity contribution is 7.91. The number of rotatable bonds is 5. The van der Waals surface area contributed by atoms with Crippen molar-refractivity contribution in [3.05, 3.63) is 59.9 Å². The number of nitrogens with zero attached hydrogens (tertiary/aromatic N) is 1. The number of carbonyl (C=O) groups excluding carboxylic acids is 1. The molecule has 26 heavy (non-hydrogen) atoms. The van der Waals surface area contributed by atoms with Gasteiger partial charge in [0.1, 0.15) is 0 Å². The number of benzene rings is 1. The Bertz CT molecular complexity index is 902. The molecule has 0 radical (unpaired) electrons. The second-order valence-electron chi connectivity index (χ2n) is 7.80. The van der Waals surface area contributed by atoms with E-state index in [1.807, 2.05) is 12.1 Å². The Balaban J connectivity index is 1.65. The Kier molecular flexibility index (Phi) is 4.88. The molecule has 0 bridgehead atoms. The lowest BCUT2D eigenvalue weighted by Crippen LogP contribution is -2.29. The number of hydrogen-bond acceptors (Lipinski definition) is 4. The molecule has 6 heteroatoms. The summed E-state index contributed by atoms with van der Waals surface area (Å²) >= 11 is 0. The maximum Gasteiger partial charge on any atom is 0.228 e. The van der Waals surface area contributed by atoms with Crippen LogP contribution in [0.5, 0.6) is 0 Å². The van der Waals surface area contributed by atoms with Gasteiger partial charge in [-0.25, -0.2) is 8.42 Å². The molecule has 0 spiro atoms. The maximum absolute atomic E-state index is 12.5. The fourth-order valence-corrected chi connectivity index (χ4v) is 3.91. The number of sulfone groups is 1. The third-order valence-corrected chi connectivity index (χ3v) is 7.30. The summed E-state index contributed by atoms with van der Waals surface area (Å²) in [7, 11) is -3.26. The zero-order valence-electron chi connectivity index (χ0n) is 15.3. The molecule has 0 unspecified atom stereocenters. The summed E-state index contributed by atoms with van der Waals surface area (Å²) in [5, 5.41) is 2.91. The number of hydrogen-bond donors (Lipinski definition) is 1. The van der Waals surface area contributed by atoms with Crippen LogP contribution in [-0.4, -0.2) is 24.1 Å². The number of nitrogens with one attached hydrogen (secondary N) is 1. The minimum atomic E-state index is -3.26. The summed E-state index contributed by atoms with van der Waals surface area (Å²) in [4.78, 5) is 16.6. The van der Waals surface area contributed by atoms with Gasteiger partial charge in [-0.2, -0.15) is 0 Å². The predicted octanol–water partition coefficient (Wildman–Crippen LogP) is 3.54. The first-order valence-corrected chi connectivity index (χ1v) is 10.3. The average molecular weight is 372 g/mol. The first-order valence-electron chi connectivity index (χ1n) is 8.69. The van der Waals surface area contributed by atoms with Crippen molar-refractivity contribution in [3.8, 4) is 0 Å². The number of aromatic nitrogens is 1. The average Bonchev–Trinajstić information content (AvgIpc) is 3.35. The van der Waals surface area contributed by atoms with Crippen LogP contribution in [0.2, 0.25) is 0 Å². The number of carbonyl (C=O) groups is 1. The van der Waals surface area contributed by atoms with Crippen LogP contribution in [0.15, 0.2) is 48.8 Å². The molecule has 1 aromatic carbocycles. The fraction of sp³-hybridized carbons (Fsp3) is 0.400. The summed E-state index contributed by atoms with van der Waals surface area (Å²) in [5.41, 5.74) is 2.39. The van der Waals surface area contributed by atoms with E-state index in [2.05, 4.69) is 10.3 Å². The van der Waals surface area contributed by atoms with Gasteiger partial charge >= 0.3 is 0 Å². The lowest BCUT2D eigenvalue weighted by molar-refractivity contribution is -0.117. The normalized spacial score (nSPS) is 19.8. The molecule has 1 amide bonds. The molecule has 2 aromatic rings. The van der Waals surface area contributed by atoms with Crippen molar-refractivity contribution < 1.29 is 13.2 Å². The van der Waals surface area contributed by atoms with E-state index in [4.69, 9.17) is 0 Å². The van der Waals surface area contributed by atoms with E-state index < -0.39 is 14.6 Å². The highest BCUT2D eigenvalue weighted by Gasteiger charge is 2.44. The van der Waals surface area contributed by atoms with Gasteiger partial charge in [0.05, 0.1) is 10.5 Å². The van der Waals surface area contributed by atoms with E-state index in [0.717, 1.165) is 12.0 Å². The minimum absolute atomic E-state index is 0.0327. The van der Waals surface area contributed by atoms with Crippen molar-refractivity contribution in [2.45, 2.75) is 43.6 Å². The van der Waals surface area contributed by atoms with Crippen molar-refractivity contribution >= 4 is 21.4 Å². The number of amides is 1. The SMILES string of the molecule is CC(C)(C)S(=O)(=O)Cc1cccc(NC(=O)[C@H]2C[C@H]2c2cccnc2)c1. The van der Waals surface area contributed by atoms with E-state index in [9.17, 15) is 13.2 Å². The summed E-state index contributed by atoms with van der Waals surface area (Å²) in [6.07, 6.45) is 4.34. The Morgan fingerprint density at radius 1 is 1.23 bits per heavy atom. The summed E-state index contributed by atoms with van der Waals surface area (Å²) in [6.45, 7) is 5.08. The lowest BCUT2D eigenvalue weighted by atomic mass is 10.1. The second-order valence-corrected chi connectivity index (χ2v) is 10.5. The molecule has 5 nitrogen and oxygen atoms in total. The van der Waals surface area contributed by atoms with Gasteiger partial charge in [0, 0.05) is 24.0 Å². The van der Waals surface area contributed by atoms with Gasteiger partial charge in [-0.05, 0) is 62.4 Å². The van der Waals surface area contributed by atoms with Crippen LogP contribution in [0.1, 0.15) is 44.2 Å². The van der Waals surface area contributed by atoms with Gasteiger partial charge in [-0.1, -0.05) is 18.2 Å². The van der Waals surface area contributed by atoms with E-state index >= 15 is 0 Å². The minimum Gasteiger partial charge on any atom is -0.326 e. The topological polar surface area (TPSA) is 76.1 Å². The third-order valence-electron chi connectivity index (χ3n) is 4.72. The van der Waals surface area contributed by atoms with Crippen LogP contribution in [-0.2, 0) is 20.4 Å². The van der Waals surface area contributed by atoms with E-state index in [1.165, 1.54) is 0 Å². The standard InChI is InChI=1S/C20H24N2O3S/c1-20(2,3)26(24,25)13-14-6-4-8-16(10-14)22-19(23)18-11-17(18)15-7-5-9-21-12-15/h4-10,12,17-18H,11,13H2,1-3H3,(H,22,23)/t17-,18-/m0/s1. The van der Waals surface area contributed by atoms with Crippen LogP contribution >= 0.6 is 0 Å². The molecule has 0 aliphatic heterocycles. The zero-order valence-corrected chi connectivity index (χ0v) is 16.1. The van der Waals surface area contributed by atoms with Gasteiger partial charge in [0.25, 0.3) is 0 Å². The molecule has 1 aliphatic rings. The molecule has 138 valence electrons. The van der Waals surface area contributed by atoms with Crippen molar-refractivity contribution in [2.75, 3.05) is 5.32 Å². The van der Waals surface area contributed by atoms with Gasteiger partial charge in [-0.3, -0.25) is 9.78 Å². The van der Waals surface area contributed by atoms with E-state index in [-0.39, 0.29) is 23.5 Å². The Hall–Kier alpha value is -2.21. The summed E-state index contributed by atoms with van der Waals surface area (Å²) < 4.78 is 24.0. The Labute approximate surface area is 154 Å². The molecule has 2 atom stereocenters. The smallest absolute Gasteiger partial charge is 0.228 e. The quantitative estimate of drug-likeness (QED) is 0.871. The maximum atomic E-state index is 12.5. The molecule has 1 N–H and O–H groups in total. The predicted molar refractivity (Wildman–Crippen MR) is 103 cm³/mol. The van der Waals surface area contributed by atoms with Gasteiger partial charge in [-0.15, -0.1) is 0 Å². The third kappa shape index (κ3) is 4.12. The van der Waals surface area contributed by atoms with Crippen LogP contribution < -0.4 is 5.32 Å². The largest absolute Gasteiger partial charge is 0.326 e. The van der Waals surface area contributed by atoms with E-state index in [1.54, 1.807) is 57.4 Å². The number of anilines is 1. The molecular formula is C20H24N2O3S. The van der Waals surface area contributed by atoms with E-state index in [0.29, 0.717) is 11.3 Å². The highest BCUT2D eigenvalue weighted by Crippen LogP contribution is 2.47. The summed E-state index contributed by atoms with van der Waals surface area (Å²) in [6, 6.07) is 10.9. The van der Waals surface area contributed by atoms with Crippen LogP contribution in [0.4, 0.5) is 5.69 Å². The zero-order chi connectivity index (χ0) is 18.9. The molecule has 1 fully saturated rings. The first kappa shape index (κ1) is 18.6. The Morgan fingerprint density at radius 3 is 2.65 bits per heavy atom. The van der Waals surface area contributed by atoms with Crippen molar-refractivity contribution in [3.63, 3.8) is 0 Å². The molecule has 1 saturated carbocycles. The monoisotopic (exact) mass is 372 g/mol. The molecular weight excluding hydrogens is 348 g/mol. The molecule has 1 aliphatic carbocycles. The molecule has 1 aromatic heterocycles. The highest BCUT2D eigenvalue weighted by atomic mass is 32.2.